The number of nitrogens with one attached hydrogen (secondary N) is 2. The van der Waals surface area contributed by atoms with Crippen molar-refractivity contribution in [2.45, 2.75) is 168 Å². The molecule has 6 aromatic carbocycles. The molecule has 0 aliphatic carbocycles. The summed E-state index contributed by atoms with van der Waals surface area (Å²) in [6, 6.07) is 42.0. The first-order valence-electron chi connectivity index (χ1n) is 42.1. The molecule has 0 saturated carbocycles. The maximum absolute atomic E-state index is 14.2. The maximum atomic E-state index is 14.2. The molecule has 0 bridgehead atoms. The number of hydrogen-bond donors (Lipinski definition) is 3. The van der Waals surface area contributed by atoms with Gasteiger partial charge in [0.05, 0.1) is 104 Å². The third-order valence-electron chi connectivity index (χ3n) is 20.2. The summed E-state index contributed by atoms with van der Waals surface area (Å²) >= 11 is 1.91. The van der Waals surface area contributed by atoms with Crippen LogP contribution in [0.25, 0.3) is 45.3 Å². The zero-order valence-corrected chi connectivity index (χ0v) is 85.2. The molecule has 704 valence electrons. The number of carbonyl (C=O) groups excluding carboxylic acids is 5. The number of alkyl halides is 1. The number of nitrogens with two attached hydrogens (primary N) is 1. The van der Waals surface area contributed by atoms with E-state index >= 15 is 0 Å². The van der Waals surface area contributed by atoms with Crippen molar-refractivity contribution < 1.29 is 214 Å². The first-order valence-corrected chi connectivity index (χ1v) is 46.1. The van der Waals surface area contributed by atoms with Crippen LogP contribution in [0.1, 0.15) is 204 Å². The van der Waals surface area contributed by atoms with E-state index in [4.69, 9.17) is 52.0 Å². The third kappa shape index (κ3) is 35.4. The molecule has 15 rings (SSSR count). The molecule has 4 N–H and O–H groups in total. The Morgan fingerprint density at radius 1 is 0.597 bits per heavy atom. The largest absolute Gasteiger partial charge is 1.00 e. The Kier molecular flexibility index (Phi) is 48.7. The fraction of sp³-hybridized carbons (Fsp3) is 0.340. The predicted octanol–water partition coefficient (Wildman–Crippen LogP) is 13.0. The van der Waals surface area contributed by atoms with Gasteiger partial charge in [0, 0.05) is 50.6 Å². The molecule has 30 nitrogen and oxygen atoms in total. The minimum Gasteiger partial charge on any atom is -1.00 e. The van der Waals surface area contributed by atoms with Gasteiger partial charge in [0.25, 0.3) is 6.47 Å². The number of ether oxygens (including phenoxy) is 2. The molecule has 2 aliphatic rings. The van der Waals surface area contributed by atoms with E-state index in [1.54, 1.807) is 122 Å². The van der Waals surface area contributed by atoms with Gasteiger partial charge >= 0.3 is 103 Å². The van der Waals surface area contributed by atoms with E-state index in [2.05, 4.69) is 59.8 Å². The summed E-state index contributed by atoms with van der Waals surface area (Å²) in [4.78, 5) is 76.8. The molecule has 0 spiro atoms. The monoisotopic (exact) mass is 2050 g/mol. The second-order valence-corrected chi connectivity index (χ2v) is 38.1. The van der Waals surface area contributed by atoms with E-state index in [9.17, 15) is 53.8 Å². The fourth-order valence-electron chi connectivity index (χ4n) is 13.1. The molecule has 13 aromatic rings. The number of oxazole rings is 4. The van der Waals surface area contributed by atoms with Gasteiger partial charge in [-0.25, -0.2) is 59.2 Å². The molecule has 2 saturated heterocycles. The number of Topliss-reactive ketones (excluding diaryl/α,β-unsaturated/α-hetero) is 2. The quantitative estimate of drug-likeness (QED) is 0.00378. The fourth-order valence-corrected chi connectivity index (χ4v) is 15.7. The number of nitrogens with zero attached hydrogens (tertiary/aromatic N) is 8. The normalized spacial score (nSPS) is 13.7. The van der Waals surface area contributed by atoms with Crippen LogP contribution in [0, 0.1) is 41.9 Å². The molecule has 5 atom stereocenters. The van der Waals surface area contributed by atoms with Crippen LogP contribution in [0.2, 0.25) is 0 Å². The van der Waals surface area contributed by atoms with Gasteiger partial charge in [-0.05, 0) is 153 Å². The summed E-state index contributed by atoms with van der Waals surface area (Å²) in [6.07, 6.45) is 22.7. The number of halogens is 6. The summed E-state index contributed by atoms with van der Waals surface area (Å²) in [6.45, 7) is 11.6. The summed E-state index contributed by atoms with van der Waals surface area (Å²) in [5.74, 6) is -0.292. The van der Waals surface area contributed by atoms with Crippen molar-refractivity contribution in [1.82, 2.24) is 50.3 Å². The van der Waals surface area contributed by atoms with Crippen molar-refractivity contribution in [3.63, 3.8) is 0 Å². The number of amides is 1. The van der Waals surface area contributed by atoms with Crippen LogP contribution >= 0.6 is 22.6 Å². The van der Waals surface area contributed by atoms with Crippen LogP contribution in [-0.2, 0) is 50.6 Å². The van der Waals surface area contributed by atoms with E-state index in [0.29, 0.717) is 149 Å². The Hall–Kier alpha value is -8.75. The van der Waals surface area contributed by atoms with E-state index in [1.165, 1.54) is 86.4 Å². The number of aldehydes is 1. The number of rotatable bonds is 36. The Labute approximate surface area is 874 Å². The van der Waals surface area contributed by atoms with Gasteiger partial charge in [0.1, 0.15) is 74.3 Å². The number of ketones is 2. The second kappa shape index (κ2) is 58.1. The van der Waals surface area contributed by atoms with Gasteiger partial charge in [0.15, 0.2) is 57.1 Å². The van der Waals surface area contributed by atoms with Crippen LogP contribution in [0.3, 0.4) is 0 Å². The van der Waals surface area contributed by atoms with Crippen LogP contribution in [0.5, 0.6) is 0 Å². The van der Waals surface area contributed by atoms with Gasteiger partial charge in [-0.15, -0.1) is 0 Å². The molecule has 7 aromatic heterocycles. The second-order valence-electron chi connectivity index (χ2n) is 31.1. The van der Waals surface area contributed by atoms with Crippen molar-refractivity contribution >= 4 is 73.6 Å². The molecular weight excluding hydrogens is 1950 g/mol. The summed E-state index contributed by atoms with van der Waals surface area (Å²) < 4.78 is 154. The Bertz CT molecular complexity index is 5820. The van der Waals surface area contributed by atoms with E-state index < -0.39 is 49.0 Å². The summed E-state index contributed by atoms with van der Waals surface area (Å²) in [5.41, 5.74) is 10.1. The number of likely N-dealkylation sites (tertiary alicyclic amines) is 1. The van der Waals surface area contributed by atoms with E-state index in [0.717, 1.165) is 70.0 Å². The number of sulfone groups is 1. The smallest absolute Gasteiger partial charge is 1.00 e. The standard InChI is InChI=1S/C25H32FN3O5S.C24H27FN4O4.C19H20FN3O3.C9H6FNO.C9H11IO2S.C7H5FO.CH2O3.2K.H/c1-24(2,3)35(30)29-20(23-27-17-21(34-23)18-9-6-7-10-19(18)26)11-5-4-8-13-25(31-15-16-32-25)22-12-14-33-28-22;1-29-14-16(15-29)23(31)27-20(9-3-2-4-10-21(30)19-11-12-32-28-19)24-26-13-22(33-24)17-7-5-6-8-18(17)25;20-14-7-5-4-6-13(14)18-12-22-19(26-18)15(21)8-2-1-3-9-17(24)16-10-11-25-23-16;10-8-4-2-1-3-7(8)9-5-11-6-12-9;1-7-3-5-9(6-4-7)13(11,12)8(2)10;8-7-4-2-1-3-6(7)5-9;2-1-4-3;;;/h6-7,9-10,12,14,17,20,29H,4-5,8,11,13,15-16H2,1-3H3;5-8,11-13,16,20H,2-4,9-10,14-15H2,1H3,(H,27,31);4-7,10-12,15H,1-3,8-9,21H2;1-6H;3-6,8H,1-2H3;1-5H;1,3H;;;/q;;;;;;;2*+1;-1/p-1/t20-,35+;20-;15-;;;;;;;/m000......./s1. The molecule has 2 fully saturated rings. The number of aromatic nitrogens is 7. The van der Waals surface area contributed by atoms with Gasteiger partial charge in [-0.1, -0.05) is 155 Å². The third-order valence-corrected chi connectivity index (χ3v) is 25.6. The molecule has 1 unspecified atom stereocenters. The maximum Gasteiger partial charge on any atom is 1.00 e. The number of hydrogen-bond acceptors (Lipinski definition) is 28. The average Bonchev–Trinajstić information content (AvgIpc) is 1.16. The molecule has 0 radical (unpaired) electrons. The molecule has 9 heterocycles. The van der Waals surface area contributed by atoms with E-state index in [-0.39, 0.29) is 172 Å². The van der Waals surface area contributed by atoms with Crippen LogP contribution in [0.15, 0.2) is 250 Å². The first-order chi connectivity index (χ1) is 63.5. The van der Waals surface area contributed by atoms with E-state index in [1.807, 2.05) is 69.5 Å². The minimum absolute atomic E-state index is 0. The van der Waals surface area contributed by atoms with Crippen molar-refractivity contribution in [3.8, 4) is 45.3 Å². The van der Waals surface area contributed by atoms with Gasteiger partial charge in [-0.2, -0.15) is 0 Å². The molecule has 1 amide bonds. The van der Waals surface area contributed by atoms with Crippen LogP contribution in [-0.4, -0.2) is 125 Å². The average molecular weight is 2060 g/mol. The Balaban J connectivity index is 0.000000259. The van der Waals surface area contributed by atoms with Crippen LogP contribution < -0.4 is 124 Å². The Morgan fingerprint density at radius 2 is 1.03 bits per heavy atom. The SMILES string of the molecule is CC(C)(C)[S@@](=O)N[C@@H](CCCCCC1(c2ccon2)OCCO1)c1ncc(-c2ccccc2F)o1.CN1CC(C(=O)N[C@@H](CCCCCC(=O)c2ccon2)c2ncc(-c3ccccc3F)o2)C1.Cc1ccc(S(=O)(=O)C(C)I)cc1.Fc1ccccc1-c1cnco1.N[C@@H](CCCCCC(=O)c1ccon1)c1ncc(-c2ccccc2F)o1.O=CO[O-].O=Cc1ccccc1F.[H-].[K+].[K+]. The van der Waals surface area contributed by atoms with Gasteiger partial charge in [-0.3, -0.25) is 24.0 Å². The summed E-state index contributed by atoms with van der Waals surface area (Å²) in [5, 5.41) is 22.8. The zero-order chi connectivity index (χ0) is 95.0. The first kappa shape index (κ1) is 112. The number of benzene rings is 6. The van der Waals surface area contributed by atoms with Crippen molar-refractivity contribution in [2.24, 2.45) is 11.7 Å². The number of carbonyl (C=O) groups is 5. The summed E-state index contributed by atoms with van der Waals surface area (Å²) in [7, 11) is -2.46. The van der Waals surface area contributed by atoms with Crippen molar-refractivity contribution in [2.75, 3.05) is 33.4 Å². The molecule has 40 heteroatoms. The van der Waals surface area contributed by atoms with Crippen molar-refractivity contribution in [1.29, 1.82) is 0 Å². The minimum atomic E-state index is -3.11. The van der Waals surface area contributed by atoms with Gasteiger partial charge in [0.2, 0.25) is 29.4 Å². The van der Waals surface area contributed by atoms with Crippen molar-refractivity contribution in [3.05, 3.63) is 289 Å². The Morgan fingerprint density at radius 3 is 1.45 bits per heavy atom. The predicted molar refractivity (Wildman–Crippen MR) is 483 cm³/mol. The molecule has 2 aliphatic heterocycles. The number of aryl methyl sites for hydroxylation is 1. The molecule has 134 heavy (non-hydrogen) atoms. The number of unbranched alkanes of at least 4 members (excludes halogenated alkanes) is 6. The zero-order valence-electron chi connectivity index (χ0n) is 76.2. The molecular formula is C94H103F5IK2N11O19S2. The van der Waals surface area contributed by atoms with Crippen LogP contribution in [0.4, 0.5) is 22.0 Å². The van der Waals surface area contributed by atoms with Gasteiger partial charge < -0.3 is 68.2 Å². The topological polar surface area (TPSA) is 423 Å².